The van der Waals surface area contributed by atoms with Crippen molar-refractivity contribution >= 4 is 24.5 Å². The number of benzene rings is 3. The van der Waals surface area contributed by atoms with E-state index in [1.165, 1.54) is 0 Å². The smallest absolute Gasteiger partial charge is 0.489 e. The van der Waals surface area contributed by atoms with Crippen molar-refractivity contribution in [3.8, 4) is 11.4 Å². The Hall–Kier alpha value is -4.62. The Bertz CT molecular complexity index is 1770. The molecule has 2 aliphatic rings. The zero-order valence-electron chi connectivity index (χ0n) is 25.9. The fraction of sp³-hybridized carbons (Fsp3) is 0.314. The summed E-state index contributed by atoms with van der Waals surface area (Å²) in [6, 6.07) is 27.6. The molecule has 0 saturated heterocycles. The molecule has 2 N–H and O–H groups in total. The van der Waals surface area contributed by atoms with Gasteiger partial charge in [0.25, 0.3) is 5.56 Å². The second kappa shape index (κ2) is 15.5. The van der Waals surface area contributed by atoms with Crippen molar-refractivity contribution in [1.29, 1.82) is 0 Å². The molecule has 3 aromatic carbocycles. The quantitative estimate of drug-likeness (QED) is 0.191. The summed E-state index contributed by atoms with van der Waals surface area (Å²) in [4.78, 5) is 42.8. The van der Waals surface area contributed by atoms with Crippen molar-refractivity contribution in [2.45, 2.75) is 56.3 Å². The van der Waals surface area contributed by atoms with E-state index in [9.17, 15) is 22.8 Å². The van der Waals surface area contributed by atoms with Gasteiger partial charge in [0.2, 0.25) is 5.91 Å². The summed E-state index contributed by atoms with van der Waals surface area (Å²) in [6.45, 7) is 1.70. The first-order chi connectivity index (χ1) is 23.0. The number of halogens is 3. The number of amides is 1. The van der Waals surface area contributed by atoms with E-state index in [0.29, 0.717) is 37.6 Å². The topological polar surface area (TPSA) is 114 Å². The molecule has 0 spiro atoms. The number of rotatable bonds is 9. The van der Waals surface area contributed by atoms with Gasteiger partial charge in [-0.05, 0) is 48.2 Å². The third kappa shape index (κ3) is 8.45. The second-order valence-corrected chi connectivity index (χ2v) is 12.0. The van der Waals surface area contributed by atoms with E-state index in [1.54, 1.807) is 9.47 Å². The molecule has 252 valence electrons. The van der Waals surface area contributed by atoms with Crippen LogP contribution in [-0.2, 0) is 29.2 Å². The van der Waals surface area contributed by atoms with Gasteiger partial charge in [0.1, 0.15) is 23.6 Å². The molecule has 1 amide bonds. The van der Waals surface area contributed by atoms with Gasteiger partial charge in [-0.25, -0.2) is 9.78 Å². The number of nitrogens with zero attached hydrogens (tertiary/aromatic N) is 3. The van der Waals surface area contributed by atoms with E-state index in [1.807, 2.05) is 84.9 Å². The van der Waals surface area contributed by atoms with E-state index >= 15 is 0 Å². The number of aromatic nitrogens is 2. The number of para-hydroxylation sites is 2. The molecule has 1 atom stereocenters. The number of nitrogens with one attached hydrogen (secondary N) is 1. The van der Waals surface area contributed by atoms with E-state index in [0.717, 1.165) is 53.3 Å². The third-order valence-electron chi connectivity index (χ3n) is 8.19. The minimum atomic E-state index is -5.08. The molecule has 0 radical (unpaired) electrons. The lowest BCUT2D eigenvalue weighted by Gasteiger charge is -2.35. The molecule has 1 aromatic heterocycles. The minimum Gasteiger partial charge on any atom is -0.489 e. The molecular weight excluding hydrogens is 645 g/mol. The van der Waals surface area contributed by atoms with Crippen molar-refractivity contribution < 1.29 is 32.6 Å². The predicted molar refractivity (Wildman–Crippen MR) is 176 cm³/mol. The lowest BCUT2D eigenvalue weighted by molar-refractivity contribution is -0.192. The zero-order chi connectivity index (χ0) is 34.3. The van der Waals surface area contributed by atoms with Crippen molar-refractivity contribution in [2.24, 2.45) is 0 Å². The molecule has 4 aromatic rings. The van der Waals surface area contributed by atoms with Crippen molar-refractivity contribution in [1.82, 2.24) is 19.8 Å². The number of carboxylic acid groups (broad SMARTS) is 1. The average Bonchev–Trinajstić information content (AvgIpc) is 3.04. The zero-order valence-corrected chi connectivity index (χ0v) is 26.8. The Morgan fingerprint density at radius 2 is 1.56 bits per heavy atom. The van der Waals surface area contributed by atoms with Crippen LogP contribution in [0, 0.1) is 0 Å². The molecular formula is C35H35F3N4O5S. The van der Waals surface area contributed by atoms with Crippen molar-refractivity contribution in [2.75, 3.05) is 13.1 Å². The van der Waals surface area contributed by atoms with E-state index in [-0.39, 0.29) is 18.0 Å². The van der Waals surface area contributed by atoms with Gasteiger partial charge in [0, 0.05) is 25.4 Å². The summed E-state index contributed by atoms with van der Waals surface area (Å²) in [5.74, 6) is -0.871. The Kier molecular flexibility index (Phi) is 11.2. The molecule has 1 aliphatic carbocycles. The number of hydrogen-bond donors (Lipinski definition) is 3. The molecule has 2 heterocycles. The maximum Gasteiger partial charge on any atom is 0.490 e. The maximum absolute atomic E-state index is 13.9. The Morgan fingerprint density at radius 3 is 2.15 bits per heavy atom. The normalized spacial score (nSPS) is 15.8. The Labute approximate surface area is 280 Å². The fourth-order valence-corrected chi connectivity index (χ4v) is 5.93. The van der Waals surface area contributed by atoms with Crippen LogP contribution in [0.4, 0.5) is 13.2 Å². The Balaban J connectivity index is 0.000000582. The van der Waals surface area contributed by atoms with Crippen LogP contribution in [0.5, 0.6) is 5.75 Å². The van der Waals surface area contributed by atoms with Gasteiger partial charge in [-0.2, -0.15) is 13.2 Å². The number of carbonyl (C=O) groups is 2. The average molecular weight is 681 g/mol. The first-order valence-electron chi connectivity index (χ1n) is 15.5. The number of carbonyl (C=O) groups excluding carboxylic acids is 1. The molecule has 13 heteroatoms. The molecule has 1 aliphatic heterocycles. The first kappa shape index (κ1) is 34.7. The summed E-state index contributed by atoms with van der Waals surface area (Å²) in [5.41, 5.74) is 4.12. The number of alkyl halides is 3. The predicted octanol–water partition coefficient (Wildman–Crippen LogP) is 5.82. The standard InChI is InChI=1S/C33H34N4O3S.C2HF3O2/c38-29(21-34-20-23-14-16-24(17-15-23)22-40-27-12-5-2-6-13-27)36-19-18-28-30(33(36)41)32(39)37(26-10-3-1-4-11-26)31(35-28)25-8-7-9-25;3-2(4,5)1(6)7/h1-6,10-17,25,33-34,41H,7-9,18-22H2;(H,6,7). The summed E-state index contributed by atoms with van der Waals surface area (Å²) >= 11 is 4.79. The molecule has 6 rings (SSSR count). The number of hydrogen-bond acceptors (Lipinski definition) is 7. The summed E-state index contributed by atoms with van der Waals surface area (Å²) in [7, 11) is 0. The van der Waals surface area contributed by atoms with Gasteiger partial charge < -0.3 is 20.1 Å². The van der Waals surface area contributed by atoms with Gasteiger partial charge in [-0.1, -0.05) is 67.1 Å². The summed E-state index contributed by atoms with van der Waals surface area (Å²) < 4.78 is 39.3. The minimum absolute atomic E-state index is 0.0859. The van der Waals surface area contributed by atoms with Gasteiger partial charge >= 0.3 is 12.1 Å². The van der Waals surface area contributed by atoms with E-state index < -0.39 is 17.5 Å². The highest BCUT2D eigenvalue weighted by Crippen LogP contribution is 2.38. The number of carboxylic acids is 1. The van der Waals surface area contributed by atoms with Crippen LogP contribution in [0.3, 0.4) is 0 Å². The first-order valence-corrected chi connectivity index (χ1v) is 16.0. The van der Waals surface area contributed by atoms with Crippen LogP contribution >= 0.6 is 12.6 Å². The maximum atomic E-state index is 13.9. The monoisotopic (exact) mass is 680 g/mol. The van der Waals surface area contributed by atoms with Crippen molar-refractivity contribution in [3.05, 3.63) is 123 Å². The number of thiol groups is 1. The molecule has 0 bridgehead atoms. The third-order valence-corrected chi connectivity index (χ3v) is 8.73. The highest BCUT2D eigenvalue weighted by molar-refractivity contribution is 7.80. The van der Waals surface area contributed by atoms with Gasteiger partial charge in [0.15, 0.2) is 0 Å². The molecule has 1 unspecified atom stereocenters. The number of fused-ring (bicyclic) bond motifs is 1. The van der Waals surface area contributed by atoms with Crippen LogP contribution in [0.15, 0.2) is 89.7 Å². The highest BCUT2D eigenvalue weighted by atomic mass is 32.1. The lowest BCUT2D eigenvalue weighted by Crippen LogP contribution is -2.46. The largest absolute Gasteiger partial charge is 0.490 e. The number of aliphatic carboxylic acids is 1. The summed E-state index contributed by atoms with van der Waals surface area (Å²) in [5, 5.41) is 9.74. The molecule has 1 saturated carbocycles. The van der Waals surface area contributed by atoms with E-state index in [4.69, 9.17) is 32.3 Å². The van der Waals surface area contributed by atoms with Crippen LogP contribution in [0.1, 0.15) is 58.8 Å². The van der Waals surface area contributed by atoms with Crippen LogP contribution in [-0.4, -0.2) is 50.7 Å². The molecule has 9 nitrogen and oxygen atoms in total. The Morgan fingerprint density at radius 1 is 0.958 bits per heavy atom. The van der Waals surface area contributed by atoms with Crippen molar-refractivity contribution in [3.63, 3.8) is 0 Å². The van der Waals surface area contributed by atoms with E-state index in [2.05, 4.69) is 5.32 Å². The second-order valence-electron chi connectivity index (χ2n) is 11.5. The van der Waals surface area contributed by atoms with Gasteiger partial charge in [-0.15, -0.1) is 12.6 Å². The van der Waals surface area contributed by atoms with Gasteiger partial charge in [-0.3, -0.25) is 14.2 Å². The highest BCUT2D eigenvalue weighted by Gasteiger charge is 2.38. The van der Waals surface area contributed by atoms with Crippen LogP contribution < -0.4 is 15.6 Å². The lowest BCUT2D eigenvalue weighted by atomic mass is 9.84. The SMILES string of the molecule is O=C(CNCc1ccc(COc2ccccc2)cc1)N1CCc2nc(C3CCC3)n(-c3ccccc3)c(=O)c2C1S.O=C(O)C(F)(F)F. The summed E-state index contributed by atoms with van der Waals surface area (Å²) in [6.07, 6.45) is -1.29. The number of ether oxygens (including phenoxy) is 1. The molecule has 1 fully saturated rings. The van der Waals surface area contributed by atoms with Gasteiger partial charge in [0.05, 0.1) is 23.5 Å². The fourth-order valence-electron chi connectivity index (χ4n) is 5.43. The van der Waals surface area contributed by atoms with Crippen LogP contribution in [0.25, 0.3) is 5.69 Å². The van der Waals surface area contributed by atoms with Crippen LogP contribution in [0.2, 0.25) is 0 Å². The molecule has 48 heavy (non-hydrogen) atoms.